The zero-order valence-electron chi connectivity index (χ0n) is 20.9. The summed E-state index contributed by atoms with van der Waals surface area (Å²) in [4.78, 5) is 26.9. The fourth-order valence-electron chi connectivity index (χ4n) is 3.99. The van der Waals surface area contributed by atoms with Crippen LogP contribution in [0.1, 0.15) is 16.7 Å². The van der Waals surface area contributed by atoms with Gasteiger partial charge in [-0.3, -0.25) is 14.2 Å². The highest BCUT2D eigenvalue weighted by Crippen LogP contribution is 2.27. The predicted molar refractivity (Wildman–Crippen MR) is 146 cm³/mol. The van der Waals surface area contributed by atoms with Crippen molar-refractivity contribution in [2.75, 3.05) is 19.5 Å². The lowest BCUT2D eigenvalue weighted by Crippen LogP contribution is -2.32. The van der Waals surface area contributed by atoms with Gasteiger partial charge in [-0.15, -0.1) is 11.3 Å². The summed E-state index contributed by atoms with van der Waals surface area (Å²) in [5, 5.41) is 12.8. The molecule has 0 aliphatic carbocycles. The first kappa shape index (κ1) is 25.5. The molecule has 37 heavy (non-hydrogen) atoms. The molecule has 0 aliphatic heterocycles. The summed E-state index contributed by atoms with van der Waals surface area (Å²) in [6, 6.07) is 21.9. The number of aromatic nitrogens is 1. The first-order valence-electron chi connectivity index (χ1n) is 11.4. The van der Waals surface area contributed by atoms with Gasteiger partial charge >= 0.3 is 0 Å². The number of ether oxygens (including phenoxy) is 2. The van der Waals surface area contributed by atoms with E-state index in [4.69, 9.17) is 9.47 Å². The van der Waals surface area contributed by atoms with Crippen molar-refractivity contribution in [2.24, 2.45) is 0 Å². The van der Waals surface area contributed by atoms with Crippen LogP contribution in [0, 0.1) is 25.2 Å². The molecule has 1 aromatic heterocycles. The number of nitrogens with one attached hydrogen (secondary N) is 1. The average Bonchev–Trinajstić information content (AvgIpc) is 3.19. The Balaban J connectivity index is 1.94. The molecule has 186 valence electrons. The standard InChI is InChI=1S/C29H25N3O4S/c1-18-12-19(2)14-21(13-18)31-27(33)23(17-30)29-32(22-8-6-5-7-9-22)28(34)26(37-29)16-20-10-11-24(35-3)25(15-20)36-4/h5-16H,1-4H3,(H,31,33). The quantitative estimate of drug-likeness (QED) is 0.426. The molecule has 8 heteroatoms. The molecule has 0 saturated carbocycles. The first-order chi connectivity index (χ1) is 17.8. The molecule has 0 radical (unpaired) electrons. The molecule has 1 heterocycles. The Morgan fingerprint density at radius 2 is 1.65 bits per heavy atom. The van der Waals surface area contributed by atoms with Crippen molar-refractivity contribution >= 4 is 34.6 Å². The lowest BCUT2D eigenvalue weighted by atomic mass is 10.1. The van der Waals surface area contributed by atoms with Gasteiger partial charge in [-0.25, -0.2) is 0 Å². The maximum absolute atomic E-state index is 13.6. The van der Waals surface area contributed by atoms with Crippen LogP contribution in [0.2, 0.25) is 0 Å². The summed E-state index contributed by atoms with van der Waals surface area (Å²) in [7, 11) is 3.09. The van der Waals surface area contributed by atoms with E-state index in [-0.39, 0.29) is 15.8 Å². The van der Waals surface area contributed by atoms with Crippen LogP contribution in [0.4, 0.5) is 5.69 Å². The van der Waals surface area contributed by atoms with Crippen molar-refractivity contribution in [1.29, 1.82) is 5.26 Å². The molecule has 7 nitrogen and oxygen atoms in total. The minimum atomic E-state index is -0.587. The minimum absolute atomic E-state index is 0.155. The molecule has 0 bridgehead atoms. The summed E-state index contributed by atoms with van der Waals surface area (Å²) >= 11 is 1.08. The van der Waals surface area contributed by atoms with Gasteiger partial charge in [-0.05, 0) is 73.0 Å². The van der Waals surface area contributed by atoms with Crippen molar-refractivity contribution < 1.29 is 14.3 Å². The zero-order chi connectivity index (χ0) is 26.5. The van der Waals surface area contributed by atoms with E-state index in [1.54, 1.807) is 55.7 Å². The Morgan fingerprint density at radius 3 is 2.27 bits per heavy atom. The number of anilines is 1. The molecule has 4 rings (SSSR count). The number of carbonyl (C=O) groups is 1. The van der Waals surface area contributed by atoms with Crippen LogP contribution in [0.25, 0.3) is 17.3 Å². The van der Waals surface area contributed by atoms with Crippen LogP contribution in [0.15, 0.2) is 71.5 Å². The fourth-order valence-corrected chi connectivity index (χ4v) is 5.09. The van der Waals surface area contributed by atoms with Crippen molar-refractivity contribution in [3.8, 4) is 23.3 Å². The fraction of sp³-hybridized carbons (Fsp3) is 0.138. The van der Waals surface area contributed by atoms with Gasteiger partial charge in [-0.1, -0.05) is 30.3 Å². The molecule has 0 saturated heterocycles. The second-order valence-electron chi connectivity index (χ2n) is 8.32. The third kappa shape index (κ3) is 5.47. The van der Waals surface area contributed by atoms with Gasteiger partial charge in [0.05, 0.1) is 24.4 Å². The smallest absolute Gasteiger partial charge is 0.273 e. The van der Waals surface area contributed by atoms with Crippen LogP contribution in [-0.4, -0.2) is 24.7 Å². The predicted octanol–water partition coefficient (Wildman–Crippen LogP) is 3.67. The highest BCUT2D eigenvalue weighted by molar-refractivity contribution is 7.07. The van der Waals surface area contributed by atoms with Gasteiger partial charge < -0.3 is 14.8 Å². The van der Waals surface area contributed by atoms with Gasteiger partial charge in [0.2, 0.25) is 0 Å². The summed E-state index contributed by atoms with van der Waals surface area (Å²) in [5.74, 6) is 0.501. The molecule has 0 unspecified atom stereocenters. The van der Waals surface area contributed by atoms with Gasteiger partial charge in [-0.2, -0.15) is 5.26 Å². The van der Waals surface area contributed by atoms with E-state index in [2.05, 4.69) is 5.32 Å². The van der Waals surface area contributed by atoms with E-state index in [9.17, 15) is 14.9 Å². The van der Waals surface area contributed by atoms with E-state index in [1.165, 1.54) is 11.7 Å². The number of hydrogen-bond donors (Lipinski definition) is 1. The molecule has 3 aromatic carbocycles. The van der Waals surface area contributed by atoms with Crippen molar-refractivity contribution in [2.45, 2.75) is 13.8 Å². The van der Waals surface area contributed by atoms with Gasteiger partial charge in [0.1, 0.15) is 10.7 Å². The number of nitriles is 1. The highest BCUT2D eigenvalue weighted by Gasteiger charge is 2.17. The minimum Gasteiger partial charge on any atom is -0.493 e. The second kappa shape index (κ2) is 11.0. The van der Waals surface area contributed by atoms with Crippen LogP contribution >= 0.6 is 11.3 Å². The third-order valence-electron chi connectivity index (χ3n) is 5.58. The molecule has 1 N–H and O–H groups in total. The van der Waals surface area contributed by atoms with Crippen LogP contribution < -0.4 is 29.5 Å². The Bertz CT molecular complexity index is 1680. The number of rotatable bonds is 6. The first-order valence-corrected chi connectivity index (χ1v) is 12.2. The summed E-state index contributed by atoms with van der Waals surface area (Å²) in [6.07, 6.45) is 1.70. The molecule has 1 amide bonds. The maximum atomic E-state index is 13.6. The monoisotopic (exact) mass is 511 g/mol. The molecule has 0 fully saturated rings. The number of benzene rings is 3. The lowest BCUT2D eigenvalue weighted by molar-refractivity contribution is -0.111. The highest BCUT2D eigenvalue weighted by atomic mass is 32.1. The van der Waals surface area contributed by atoms with Gasteiger partial charge in [0.25, 0.3) is 11.5 Å². The van der Waals surface area contributed by atoms with Gasteiger partial charge in [0, 0.05) is 5.69 Å². The number of thiazole rings is 1. The summed E-state index contributed by atoms with van der Waals surface area (Å²) < 4.78 is 12.7. The second-order valence-corrected chi connectivity index (χ2v) is 9.35. The number of hydrogen-bond acceptors (Lipinski definition) is 6. The van der Waals surface area contributed by atoms with E-state index >= 15 is 0 Å². The number of aryl methyl sites for hydroxylation is 2. The number of amides is 1. The molecular formula is C29H25N3O4S. The van der Waals surface area contributed by atoms with Crippen molar-refractivity contribution in [3.63, 3.8) is 0 Å². The number of carbonyl (C=O) groups excluding carboxylic acids is 1. The van der Waals surface area contributed by atoms with E-state index < -0.39 is 5.91 Å². The Hall–Kier alpha value is -4.61. The van der Waals surface area contributed by atoms with E-state index in [0.717, 1.165) is 22.5 Å². The number of nitrogens with zero attached hydrogens (tertiary/aromatic N) is 2. The number of methoxy groups -OCH3 is 2. The summed E-state index contributed by atoms with van der Waals surface area (Å²) in [5.41, 5.74) is 3.32. The normalized spacial score (nSPS) is 12.0. The third-order valence-corrected chi connectivity index (χ3v) is 6.67. The Morgan fingerprint density at radius 1 is 0.973 bits per heavy atom. The van der Waals surface area contributed by atoms with Crippen LogP contribution in [0.3, 0.4) is 0 Å². The maximum Gasteiger partial charge on any atom is 0.273 e. The lowest BCUT2D eigenvalue weighted by Gasteiger charge is -2.07. The molecular weight excluding hydrogens is 486 g/mol. The number of para-hydroxylation sites is 1. The molecule has 0 spiro atoms. The van der Waals surface area contributed by atoms with Crippen LogP contribution in [0.5, 0.6) is 11.5 Å². The van der Waals surface area contributed by atoms with Crippen molar-refractivity contribution in [3.05, 3.63) is 103 Å². The van der Waals surface area contributed by atoms with E-state index in [1.807, 2.05) is 44.2 Å². The van der Waals surface area contributed by atoms with Crippen molar-refractivity contribution in [1.82, 2.24) is 4.57 Å². The van der Waals surface area contributed by atoms with Crippen LogP contribution in [-0.2, 0) is 4.79 Å². The molecule has 0 atom stereocenters. The molecule has 0 aliphatic rings. The topological polar surface area (TPSA) is 93.4 Å². The zero-order valence-corrected chi connectivity index (χ0v) is 21.7. The SMILES string of the molecule is COc1ccc(C=c2sc(=C(C#N)C(=O)Nc3cc(C)cc(C)c3)n(-c3ccccc3)c2=O)cc1OC. The van der Waals surface area contributed by atoms with Gasteiger partial charge in [0.15, 0.2) is 17.1 Å². The molecule has 4 aromatic rings. The summed E-state index contributed by atoms with van der Waals surface area (Å²) in [6.45, 7) is 3.86. The average molecular weight is 512 g/mol. The Labute approximate surface area is 218 Å². The Kier molecular flexibility index (Phi) is 7.56. The largest absolute Gasteiger partial charge is 0.493 e. The van der Waals surface area contributed by atoms with E-state index in [0.29, 0.717) is 33.0 Å².